The van der Waals surface area contributed by atoms with E-state index in [4.69, 9.17) is 9.52 Å². The highest BCUT2D eigenvalue weighted by molar-refractivity contribution is 5.91. The van der Waals surface area contributed by atoms with Gasteiger partial charge in [-0.3, -0.25) is 9.59 Å². The molecule has 110 valence electrons. The normalized spacial score (nSPS) is 11.9. The Bertz CT molecular complexity index is 467. The zero-order chi connectivity index (χ0) is 15.1. The van der Waals surface area contributed by atoms with Crippen LogP contribution in [0.15, 0.2) is 22.8 Å². The first-order chi connectivity index (χ1) is 9.41. The molecule has 1 heterocycles. The zero-order valence-corrected chi connectivity index (χ0v) is 11.4. The number of carboxylic acids is 1. The van der Waals surface area contributed by atoms with E-state index in [-0.39, 0.29) is 24.6 Å². The Kier molecular flexibility index (Phi) is 5.76. The highest BCUT2D eigenvalue weighted by Gasteiger charge is 2.23. The number of amides is 2. The molecule has 0 saturated carbocycles. The van der Waals surface area contributed by atoms with Crippen molar-refractivity contribution in [3.05, 3.63) is 24.2 Å². The molecule has 0 unspecified atom stereocenters. The third-order valence-electron chi connectivity index (χ3n) is 2.63. The lowest BCUT2D eigenvalue weighted by atomic mass is 10.0. The summed E-state index contributed by atoms with van der Waals surface area (Å²) in [5.74, 6) is -1.97. The summed E-state index contributed by atoms with van der Waals surface area (Å²) in [4.78, 5) is 34.0. The van der Waals surface area contributed by atoms with Gasteiger partial charge in [0.15, 0.2) is 5.76 Å². The van der Waals surface area contributed by atoms with Crippen molar-refractivity contribution in [2.45, 2.75) is 26.3 Å². The van der Waals surface area contributed by atoms with Gasteiger partial charge in [0.2, 0.25) is 5.91 Å². The van der Waals surface area contributed by atoms with Gasteiger partial charge in [-0.05, 0) is 18.1 Å². The first kappa shape index (κ1) is 15.7. The molecule has 2 amide bonds. The molecule has 7 nitrogen and oxygen atoms in total. The number of carboxylic acid groups (broad SMARTS) is 1. The highest BCUT2D eigenvalue weighted by Crippen LogP contribution is 2.02. The summed E-state index contributed by atoms with van der Waals surface area (Å²) in [6, 6.07) is 2.17. The third kappa shape index (κ3) is 4.75. The Morgan fingerprint density at radius 2 is 2.05 bits per heavy atom. The van der Waals surface area contributed by atoms with Crippen molar-refractivity contribution in [1.82, 2.24) is 10.6 Å². The molecule has 3 N–H and O–H groups in total. The molecule has 1 atom stereocenters. The van der Waals surface area contributed by atoms with E-state index in [1.54, 1.807) is 19.9 Å². The molecule has 0 aliphatic rings. The van der Waals surface area contributed by atoms with Gasteiger partial charge in [-0.25, -0.2) is 4.79 Å². The fraction of sp³-hybridized carbons (Fsp3) is 0.462. The van der Waals surface area contributed by atoms with E-state index in [9.17, 15) is 14.4 Å². The van der Waals surface area contributed by atoms with Crippen molar-refractivity contribution >= 4 is 17.8 Å². The lowest BCUT2D eigenvalue weighted by molar-refractivity contribution is -0.143. The molecule has 0 saturated heterocycles. The van der Waals surface area contributed by atoms with Crippen molar-refractivity contribution in [3.8, 4) is 0 Å². The fourth-order valence-corrected chi connectivity index (χ4v) is 1.54. The van der Waals surface area contributed by atoms with Crippen LogP contribution in [-0.2, 0) is 9.59 Å². The zero-order valence-electron chi connectivity index (χ0n) is 11.4. The van der Waals surface area contributed by atoms with E-state index < -0.39 is 23.8 Å². The van der Waals surface area contributed by atoms with Gasteiger partial charge in [0.25, 0.3) is 5.91 Å². The van der Waals surface area contributed by atoms with Crippen molar-refractivity contribution in [1.29, 1.82) is 0 Å². The molecule has 1 rings (SSSR count). The summed E-state index contributed by atoms with van der Waals surface area (Å²) in [6.45, 7) is 3.52. The predicted octanol–water partition coefficient (Wildman–Crippen LogP) is 0.625. The van der Waals surface area contributed by atoms with E-state index >= 15 is 0 Å². The number of furan rings is 1. The Morgan fingerprint density at radius 3 is 2.55 bits per heavy atom. The van der Waals surface area contributed by atoms with Crippen LogP contribution >= 0.6 is 0 Å². The summed E-state index contributed by atoms with van der Waals surface area (Å²) in [6.07, 6.45) is 1.38. The van der Waals surface area contributed by atoms with E-state index in [0.717, 1.165) is 0 Å². The van der Waals surface area contributed by atoms with Crippen LogP contribution in [0.4, 0.5) is 0 Å². The second-order valence-electron chi connectivity index (χ2n) is 4.61. The Hall–Kier alpha value is -2.31. The Labute approximate surface area is 116 Å². The molecule has 0 radical (unpaired) electrons. The highest BCUT2D eigenvalue weighted by atomic mass is 16.4. The predicted molar refractivity (Wildman–Crippen MR) is 70.1 cm³/mol. The molecule has 0 aliphatic carbocycles. The molecule has 1 aromatic heterocycles. The van der Waals surface area contributed by atoms with E-state index in [1.807, 2.05) is 0 Å². The summed E-state index contributed by atoms with van der Waals surface area (Å²) in [7, 11) is 0. The minimum atomic E-state index is -1.08. The number of hydrogen-bond donors (Lipinski definition) is 3. The number of hydrogen-bond acceptors (Lipinski definition) is 4. The Morgan fingerprint density at radius 1 is 1.35 bits per heavy atom. The summed E-state index contributed by atoms with van der Waals surface area (Å²) >= 11 is 0. The largest absolute Gasteiger partial charge is 0.480 e. The number of carbonyl (C=O) groups excluding carboxylic acids is 2. The molecule has 0 aliphatic heterocycles. The van der Waals surface area contributed by atoms with Gasteiger partial charge in [0.05, 0.1) is 6.26 Å². The quantitative estimate of drug-likeness (QED) is 0.679. The maximum Gasteiger partial charge on any atom is 0.326 e. The molecule has 1 aromatic rings. The number of rotatable bonds is 7. The van der Waals surface area contributed by atoms with Crippen LogP contribution in [0.3, 0.4) is 0 Å². The molecule has 20 heavy (non-hydrogen) atoms. The summed E-state index contributed by atoms with van der Waals surface area (Å²) < 4.78 is 4.89. The van der Waals surface area contributed by atoms with Crippen molar-refractivity contribution in [2.75, 3.05) is 6.54 Å². The summed E-state index contributed by atoms with van der Waals surface area (Å²) in [5, 5.41) is 13.9. The smallest absolute Gasteiger partial charge is 0.326 e. The van der Waals surface area contributed by atoms with Gasteiger partial charge >= 0.3 is 5.97 Å². The molecule has 7 heteroatoms. The topological polar surface area (TPSA) is 109 Å². The molecule has 0 spiro atoms. The van der Waals surface area contributed by atoms with Gasteiger partial charge in [-0.15, -0.1) is 0 Å². The van der Waals surface area contributed by atoms with E-state index in [0.29, 0.717) is 0 Å². The monoisotopic (exact) mass is 282 g/mol. The Balaban J connectivity index is 2.33. The maximum atomic E-state index is 11.6. The SMILES string of the molecule is CC(C)[C@H](NC(=O)CCNC(=O)c1ccco1)C(=O)O. The standard InChI is InChI=1S/C13H18N2O5/c1-8(2)11(13(18)19)15-10(16)5-6-14-12(17)9-4-3-7-20-9/h3-4,7-8,11H,5-6H2,1-2H3,(H,14,17)(H,15,16)(H,18,19)/t11-/m0/s1. The molecular formula is C13H18N2O5. The molecule has 0 bridgehead atoms. The number of aliphatic carboxylic acids is 1. The minimum absolute atomic E-state index is 0.00293. The van der Waals surface area contributed by atoms with Crippen LogP contribution < -0.4 is 10.6 Å². The van der Waals surface area contributed by atoms with Crippen LogP contribution in [0.5, 0.6) is 0 Å². The van der Waals surface area contributed by atoms with Gasteiger partial charge in [-0.2, -0.15) is 0 Å². The average molecular weight is 282 g/mol. The van der Waals surface area contributed by atoms with E-state index in [2.05, 4.69) is 10.6 Å². The van der Waals surface area contributed by atoms with Gasteiger partial charge < -0.3 is 20.2 Å². The van der Waals surface area contributed by atoms with Gasteiger partial charge in [-0.1, -0.05) is 13.8 Å². The first-order valence-electron chi connectivity index (χ1n) is 6.25. The van der Waals surface area contributed by atoms with Crippen LogP contribution in [0.25, 0.3) is 0 Å². The van der Waals surface area contributed by atoms with Gasteiger partial charge in [0.1, 0.15) is 6.04 Å². The molecule has 0 aromatic carbocycles. The van der Waals surface area contributed by atoms with Crippen LogP contribution in [0, 0.1) is 5.92 Å². The average Bonchev–Trinajstić information content (AvgIpc) is 2.88. The number of nitrogens with one attached hydrogen (secondary N) is 2. The second kappa shape index (κ2) is 7.32. The van der Waals surface area contributed by atoms with Crippen LogP contribution in [0.1, 0.15) is 30.8 Å². The van der Waals surface area contributed by atoms with E-state index in [1.165, 1.54) is 12.3 Å². The van der Waals surface area contributed by atoms with Crippen LogP contribution in [0.2, 0.25) is 0 Å². The van der Waals surface area contributed by atoms with Crippen molar-refractivity contribution < 1.29 is 23.9 Å². The van der Waals surface area contributed by atoms with Crippen LogP contribution in [-0.4, -0.2) is 35.5 Å². The maximum absolute atomic E-state index is 11.6. The lowest BCUT2D eigenvalue weighted by Gasteiger charge is -2.17. The number of carbonyl (C=O) groups is 3. The minimum Gasteiger partial charge on any atom is -0.480 e. The molecular weight excluding hydrogens is 264 g/mol. The molecule has 0 fully saturated rings. The van der Waals surface area contributed by atoms with Crippen molar-refractivity contribution in [3.63, 3.8) is 0 Å². The fourth-order valence-electron chi connectivity index (χ4n) is 1.54. The summed E-state index contributed by atoms with van der Waals surface area (Å²) in [5.41, 5.74) is 0. The third-order valence-corrected chi connectivity index (χ3v) is 2.63. The van der Waals surface area contributed by atoms with Gasteiger partial charge in [0, 0.05) is 13.0 Å². The second-order valence-corrected chi connectivity index (χ2v) is 4.61. The lowest BCUT2D eigenvalue weighted by Crippen LogP contribution is -2.45. The van der Waals surface area contributed by atoms with Crippen molar-refractivity contribution in [2.24, 2.45) is 5.92 Å². The first-order valence-corrected chi connectivity index (χ1v) is 6.25.